The molecule has 0 aliphatic carbocycles. The molecule has 0 aromatic heterocycles. The molecule has 0 bridgehead atoms. The molecule has 4 heteroatoms. The fourth-order valence-electron chi connectivity index (χ4n) is 2.00. The van der Waals surface area contributed by atoms with Crippen molar-refractivity contribution in [3.05, 3.63) is 65.2 Å². The summed E-state index contributed by atoms with van der Waals surface area (Å²) in [5.41, 5.74) is 3.38. The van der Waals surface area contributed by atoms with Crippen molar-refractivity contribution in [1.29, 1.82) is 0 Å². The molecule has 0 aliphatic heterocycles. The molecule has 2 N–H and O–H groups in total. The van der Waals surface area contributed by atoms with Gasteiger partial charge in [0.2, 0.25) is 0 Å². The Bertz CT molecular complexity index is 665. The average Bonchev–Trinajstić information content (AvgIpc) is 2.45. The van der Waals surface area contributed by atoms with Crippen LogP contribution < -0.4 is 10.6 Å². The number of rotatable bonds is 4. The number of nitrogens with one attached hydrogen (secondary N) is 2. The molecule has 0 atom stereocenters. The first-order chi connectivity index (χ1) is 10.0. The minimum atomic E-state index is -0.294. The molecule has 2 aromatic rings. The van der Waals surface area contributed by atoms with E-state index in [0.29, 0.717) is 17.8 Å². The second kappa shape index (κ2) is 6.70. The van der Waals surface area contributed by atoms with Gasteiger partial charge in [-0.15, -0.1) is 0 Å². The first kappa shape index (κ1) is 14.8. The van der Waals surface area contributed by atoms with Gasteiger partial charge in [0, 0.05) is 17.8 Å². The standard InChI is InChI=1S/C17H18N2O2/c1-12-5-3-6-14(9-12)11-18-17(21)19-16-8-4-7-15(10-16)13(2)20/h3-10H,11H2,1-2H3,(H2,18,19,21). The summed E-state index contributed by atoms with van der Waals surface area (Å²) in [7, 11) is 0. The van der Waals surface area contributed by atoms with Crippen molar-refractivity contribution in [2.24, 2.45) is 0 Å². The zero-order valence-electron chi connectivity index (χ0n) is 12.1. The summed E-state index contributed by atoms with van der Waals surface area (Å²) in [6, 6.07) is 14.5. The van der Waals surface area contributed by atoms with Crippen molar-refractivity contribution < 1.29 is 9.59 Å². The topological polar surface area (TPSA) is 58.2 Å². The summed E-state index contributed by atoms with van der Waals surface area (Å²) in [4.78, 5) is 23.1. The predicted molar refractivity (Wildman–Crippen MR) is 83.5 cm³/mol. The van der Waals surface area contributed by atoms with E-state index in [2.05, 4.69) is 10.6 Å². The summed E-state index contributed by atoms with van der Waals surface area (Å²) in [6.07, 6.45) is 0. The van der Waals surface area contributed by atoms with Gasteiger partial charge >= 0.3 is 6.03 Å². The van der Waals surface area contributed by atoms with Gasteiger partial charge in [0.05, 0.1) is 0 Å². The third kappa shape index (κ3) is 4.45. The Morgan fingerprint density at radius 1 is 1.05 bits per heavy atom. The maximum absolute atomic E-state index is 11.8. The van der Waals surface area contributed by atoms with E-state index in [1.165, 1.54) is 6.92 Å². The van der Waals surface area contributed by atoms with Gasteiger partial charge < -0.3 is 10.6 Å². The zero-order chi connectivity index (χ0) is 15.2. The van der Waals surface area contributed by atoms with Crippen LogP contribution in [0.4, 0.5) is 10.5 Å². The lowest BCUT2D eigenvalue weighted by Gasteiger charge is -2.09. The summed E-state index contributed by atoms with van der Waals surface area (Å²) >= 11 is 0. The second-order valence-electron chi connectivity index (χ2n) is 4.93. The molecule has 2 amide bonds. The van der Waals surface area contributed by atoms with Gasteiger partial charge in [0.1, 0.15) is 0 Å². The van der Waals surface area contributed by atoms with Crippen LogP contribution in [0.3, 0.4) is 0 Å². The van der Waals surface area contributed by atoms with Crippen molar-refractivity contribution >= 4 is 17.5 Å². The highest BCUT2D eigenvalue weighted by molar-refractivity contribution is 5.96. The molecule has 0 spiro atoms. The number of anilines is 1. The highest BCUT2D eigenvalue weighted by Gasteiger charge is 2.04. The highest BCUT2D eigenvalue weighted by Crippen LogP contribution is 2.11. The molecule has 0 saturated carbocycles. The lowest BCUT2D eigenvalue weighted by molar-refractivity contribution is 0.101. The van der Waals surface area contributed by atoms with E-state index < -0.39 is 0 Å². The van der Waals surface area contributed by atoms with Crippen LogP contribution in [0.25, 0.3) is 0 Å². The van der Waals surface area contributed by atoms with Gasteiger partial charge in [-0.3, -0.25) is 4.79 Å². The fraction of sp³-hybridized carbons (Fsp3) is 0.176. The number of aryl methyl sites for hydroxylation is 1. The third-order valence-corrected chi connectivity index (χ3v) is 3.06. The molecule has 108 valence electrons. The number of hydrogen-bond acceptors (Lipinski definition) is 2. The van der Waals surface area contributed by atoms with Gasteiger partial charge in [-0.25, -0.2) is 4.79 Å². The Hall–Kier alpha value is -2.62. The third-order valence-electron chi connectivity index (χ3n) is 3.06. The number of Topliss-reactive ketones (excluding diaryl/α,β-unsaturated/α-hetero) is 1. The Labute approximate surface area is 124 Å². The predicted octanol–water partition coefficient (Wildman–Crippen LogP) is 3.52. The molecule has 0 heterocycles. The zero-order valence-corrected chi connectivity index (χ0v) is 12.1. The van der Waals surface area contributed by atoms with E-state index in [0.717, 1.165) is 11.1 Å². The normalized spacial score (nSPS) is 10.0. The number of benzene rings is 2. The van der Waals surface area contributed by atoms with Crippen LogP contribution >= 0.6 is 0 Å². The molecule has 2 rings (SSSR count). The summed E-state index contributed by atoms with van der Waals surface area (Å²) < 4.78 is 0. The summed E-state index contributed by atoms with van der Waals surface area (Å²) in [6.45, 7) is 3.97. The molecule has 0 unspecified atom stereocenters. The first-order valence-electron chi connectivity index (χ1n) is 6.76. The van der Waals surface area contributed by atoms with Gasteiger partial charge in [-0.2, -0.15) is 0 Å². The van der Waals surface area contributed by atoms with Crippen molar-refractivity contribution in [2.45, 2.75) is 20.4 Å². The Morgan fingerprint density at radius 3 is 2.52 bits per heavy atom. The van der Waals surface area contributed by atoms with E-state index in [1.54, 1.807) is 24.3 Å². The summed E-state index contributed by atoms with van der Waals surface area (Å²) in [5, 5.41) is 5.51. The second-order valence-corrected chi connectivity index (χ2v) is 4.93. The number of amides is 2. The van der Waals surface area contributed by atoms with Crippen LogP contribution in [0.1, 0.15) is 28.4 Å². The molecule has 0 fully saturated rings. The maximum atomic E-state index is 11.8. The SMILES string of the molecule is CC(=O)c1cccc(NC(=O)NCc2cccc(C)c2)c1. The molecule has 4 nitrogen and oxygen atoms in total. The Kier molecular flexibility index (Phi) is 4.72. The number of ketones is 1. The van der Waals surface area contributed by atoms with Crippen LogP contribution in [0.5, 0.6) is 0 Å². The molecular weight excluding hydrogens is 264 g/mol. The minimum Gasteiger partial charge on any atom is -0.334 e. The number of carbonyl (C=O) groups excluding carboxylic acids is 2. The fourth-order valence-corrected chi connectivity index (χ4v) is 2.00. The van der Waals surface area contributed by atoms with Crippen LogP contribution in [-0.2, 0) is 6.54 Å². The number of urea groups is 1. The van der Waals surface area contributed by atoms with Crippen molar-refractivity contribution in [2.75, 3.05) is 5.32 Å². The lowest BCUT2D eigenvalue weighted by Crippen LogP contribution is -2.28. The van der Waals surface area contributed by atoms with Crippen LogP contribution in [-0.4, -0.2) is 11.8 Å². The minimum absolute atomic E-state index is 0.0289. The number of carbonyl (C=O) groups is 2. The van der Waals surface area contributed by atoms with Crippen molar-refractivity contribution in [1.82, 2.24) is 5.32 Å². The molecule has 0 saturated heterocycles. The van der Waals surface area contributed by atoms with E-state index in [9.17, 15) is 9.59 Å². The van der Waals surface area contributed by atoms with E-state index in [-0.39, 0.29) is 11.8 Å². The van der Waals surface area contributed by atoms with Crippen LogP contribution in [0.2, 0.25) is 0 Å². The van der Waals surface area contributed by atoms with E-state index in [1.807, 2.05) is 31.2 Å². The smallest absolute Gasteiger partial charge is 0.319 e. The van der Waals surface area contributed by atoms with Crippen LogP contribution in [0, 0.1) is 6.92 Å². The van der Waals surface area contributed by atoms with Gasteiger partial charge in [0.25, 0.3) is 0 Å². The van der Waals surface area contributed by atoms with Crippen LogP contribution in [0.15, 0.2) is 48.5 Å². The maximum Gasteiger partial charge on any atom is 0.319 e. The largest absolute Gasteiger partial charge is 0.334 e. The number of hydrogen-bond donors (Lipinski definition) is 2. The van der Waals surface area contributed by atoms with E-state index >= 15 is 0 Å². The Balaban J connectivity index is 1.93. The highest BCUT2D eigenvalue weighted by atomic mass is 16.2. The monoisotopic (exact) mass is 282 g/mol. The average molecular weight is 282 g/mol. The lowest BCUT2D eigenvalue weighted by atomic mass is 10.1. The van der Waals surface area contributed by atoms with Gasteiger partial charge in [-0.1, -0.05) is 42.0 Å². The van der Waals surface area contributed by atoms with Gasteiger partial charge in [0.15, 0.2) is 5.78 Å². The molecule has 21 heavy (non-hydrogen) atoms. The Morgan fingerprint density at radius 2 is 1.81 bits per heavy atom. The quantitative estimate of drug-likeness (QED) is 0.843. The molecular formula is C17H18N2O2. The molecule has 0 aliphatic rings. The van der Waals surface area contributed by atoms with Crippen molar-refractivity contribution in [3.8, 4) is 0 Å². The molecule has 2 aromatic carbocycles. The van der Waals surface area contributed by atoms with E-state index in [4.69, 9.17) is 0 Å². The van der Waals surface area contributed by atoms with Gasteiger partial charge in [-0.05, 0) is 31.5 Å². The first-order valence-corrected chi connectivity index (χ1v) is 6.76. The summed E-state index contributed by atoms with van der Waals surface area (Å²) in [5.74, 6) is -0.0289. The molecule has 0 radical (unpaired) electrons. The van der Waals surface area contributed by atoms with Crippen molar-refractivity contribution in [3.63, 3.8) is 0 Å².